The van der Waals surface area contributed by atoms with Gasteiger partial charge in [-0.25, -0.2) is 0 Å². The molecule has 1 fully saturated rings. The Hall–Kier alpha value is -3.07. The lowest BCUT2D eigenvalue weighted by Crippen LogP contribution is -2.28. The van der Waals surface area contributed by atoms with Gasteiger partial charge < -0.3 is 24.6 Å². The first-order valence-electron chi connectivity index (χ1n) is 10.6. The molecule has 1 saturated heterocycles. The number of carbonyl (C=O) groups is 2. The molecule has 0 aliphatic carbocycles. The molecule has 0 saturated carbocycles. The summed E-state index contributed by atoms with van der Waals surface area (Å²) in [7, 11) is 3.11. The Balaban J connectivity index is 1.59. The van der Waals surface area contributed by atoms with Crippen LogP contribution in [0.25, 0.3) is 0 Å². The van der Waals surface area contributed by atoms with E-state index in [0.717, 1.165) is 26.2 Å². The molecule has 1 aliphatic heterocycles. The fourth-order valence-corrected chi connectivity index (χ4v) is 3.70. The largest absolute Gasteiger partial charge is 0.493 e. The molecule has 2 aromatic rings. The SMILES string of the molecule is CCN(CC)CCn1cc(NC(=O)C2CC(=O)N(c3ccc(OC)c(OC)c3)C2)cn1. The molecular formula is C22H31N5O4. The highest BCUT2D eigenvalue weighted by atomic mass is 16.5. The zero-order chi connectivity index (χ0) is 22.4. The minimum Gasteiger partial charge on any atom is -0.493 e. The number of benzene rings is 1. The van der Waals surface area contributed by atoms with E-state index in [4.69, 9.17) is 9.47 Å². The molecule has 1 unspecified atom stereocenters. The fraction of sp³-hybridized carbons (Fsp3) is 0.500. The standard InChI is InChI=1S/C22H31N5O4/c1-5-25(6-2)9-10-26-15-17(13-23-26)24-22(29)16-11-21(28)27(14-16)18-7-8-19(30-3)20(12-18)31-4/h7-8,12-13,15-16H,5-6,9-11,14H2,1-4H3,(H,24,29). The second kappa shape index (κ2) is 10.3. The summed E-state index contributed by atoms with van der Waals surface area (Å²) in [6, 6.07) is 5.29. The second-order valence-corrected chi connectivity index (χ2v) is 7.45. The number of carbonyl (C=O) groups excluding carboxylic acids is 2. The highest BCUT2D eigenvalue weighted by Crippen LogP contribution is 2.34. The van der Waals surface area contributed by atoms with Crippen molar-refractivity contribution in [2.45, 2.75) is 26.8 Å². The zero-order valence-electron chi connectivity index (χ0n) is 18.6. The predicted octanol–water partition coefficient (Wildman–Crippen LogP) is 2.23. The van der Waals surface area contributed by atoms with E-state index in [1.807, 2.05) is 10.9 Å². The number of aromatic nitrogens is 2. The molecule has 1 atom stereocenters. The van der Waals surface area contributed by atoms with Crippen LogP contribution in [0.1, 0.15) is 20.3 Å². The summed E-state index contributed by atoms with van der Waals surface area (Å²) in [6.07, 6.45) is 3.63. The monoisotopic (exact) mass is 429 g/mol. The Kier molecular flexibility index (Phi) is 7.51. The highest BCUT2D eigenvalue weighted by Gasteiger charge is 2.35. The fourth-order valence-electron chi connectivity index (χ4n) is 3.70. The molecule has 1 N–H and O–H groups in total. The summed E-state index contributed by atoms with van der Waals surface area (Å²) in [6.45, 7) is 8.22. The number of ether oxygens (including phenoxy) is 2. The second-order valence-electron chi connectivity index (χ2n) is 7.45. The third-order valence-electron chi connectivity index (χ3n) is 5.62. The first kappa shape index (κ1) is 22.6. The highest BCUT2D eigenvalue weighted by molar-refractivity contribution is 6.03. The smallest absolute Gasteiger partial charge is 0.229 e. The van der Waals surface area contributed by atoms with Gasteiger partial charge in [0.2, 0.25) is 11.8 Å². The van der Waals surface area contributed by atoms with Gasteiger partial charge in [-0.05, 0) is 25.2 Å². The van der Waals surface area contributed by atoms with Crippen LogP contribution in [0, 0.1) is 5.92 Å². The third kappa shape index (κ3) is 5.35. The lowest BCUT2D eigenvalue weighted by molar-refractivity contribution is -0.122. The molecule has 1 aromatic carbocycles. The Morgan fingerprint density at radius 2 is 1.97 bits per heavy atom. The molecule has 2 heterocycles. The summed E-state index contributed by atoms with van der Waals surface area (Å²) in [4.78, 5) is 29.2. The van der Waals surface area contributed by atoms with Crippen LogP contribution in [0.4, 0.5) is 11.4 Å². The van der Waals surface area contributed by atoms with Gasteiger partial charge in [-0.3, -0.25) is 14.3 Å². The van der Waals surface area contributed by atoms with Crippen molar-refractivity contribution in [3.63, 3.8) is 0 Å². The third-order valence-corrected chi connectivity index (χ3v) is 5.62. The molecule has 0 radical (unpaired) electrons. The van der Waals surface area contributed by atoms with Crippen molar-refractivity contribution in [2.24, 2.45) is 5.92 Å². The van der Waals surface area contributed by atoms with Crippen LogP contribution in [0.3, 0.4) is 0 Å². The van der Waals surface area contributed by atoms with Crippen molar-refractivity contribution in [1.29, 1.82) is 0 Å². The minimum atomic E-state index is -0.431. The van der Waals surface area contributed by atoms with Crippen molar-refractivity contribution in [3.05, 3.63) is 30.6 Å². The summed E-state index contributed by atoms with van der Waals surface area (Å²) in [5.41, 5.74) is 1.32. The van der Waals surface area contributed by atoms with E-state index >= 15 is 0 Å². The van der Waals surface area contributed by atoms with Gasteiger partial charge in [-0.1, -0.05) is 13.8 Å². The maximum Gasteiger partial charge on any atom is 0.229 e. The summed E-state index contributed by atoms with van der Waals surface area (Å²) in [5.74, 6) is 0.421. The zero-order valence-corrected chi connectivity index (χ0v) is 18.6. The van der Waals surface area contributed by atoms with Gasteiger partial charge >= 0.3 is 0 Å². The molecular weight excluding hydrogens is 398 g/mol. The number of anilines is 2. The van der Waals surface area contributed by atoms with E-state index in [0.29, 0.717) is 29.4 Å². The molecule has 1 aliphatic rings. The van der Waals surface area contributed by atoms with E-state index in [1.165, 1.54) is 0 Å². The Morgan fingerprint density at radius 3 is 2.65 bits per heavy atom. The lowest BCUT2D eigenvalue weighted by atomic mass is 10.1. The average Bonchev–Trinajstić information content (AvgIpc) is 3.40. The maximum atomic E-state index is 12.7. The Bertz CT molecular complexity index is 909. The van der Waals surface area contributed by atoms with E-state index in [9.17, 15) is 9.59 Å². The molecule has 3 rings (SSSR count). The van der Waals surface area contributed by atoms with E-state index in [-0.39, 0.29) is 18.2 Å². The van der Waals surface area contributed by atoms with Gasteiger partial charge in [-0.15, -0.1) is 0 Å². The van der Waals surface area contributed by atoms with Crippen LogP contribution >= 0.6 is 0 Å². The molecule has 0 spiro atoms. The van der Waals surface area contributed by atoms with Crippen molar-refractivity contribution >= 4 is 23.2 Å². The van der Waals surface area contributed by atoms with Crippen LogP contribution in [0.5, 0.6) is 11.5 Å². The molecule has 0 bridgehead atoms. The van der Waals surface area contributed by atoms with E-state index in [1.54, 1.807) is 43.5 Å². The van der Waals surface area contributed by atoms with Crippen LogP contribution in [-0.2, 0) is 16.1 Å². The number of amides is 2. The lowest BCUT2D eigenvalue weighted by Gasteiger charge is -2.18. The van der Waals surface area contributed by atoms with Crippen molar-refractivity contribution in [2.75, 3.05) is 50.6 Å². The average molecular weight is 430 g/mol. The number of nitrogens with one attached hydrogen (secondary N) is 1. The number of nitrogens with zero attached hydrogens (tertiary/aromatic N) is 4. The molecule has 31 heavy (non-hydrogen) atoms. The predicted molar refractivity (Wildman–Crippen MR) is 119 cm³/mol. The first-order chi connectivity index (χ1) is 15.0. The normalized spacial score (nSPS) is 16.1. The summed E-state index contributed by atoms with van der Waals surface area (Å²) in [5, 5.41) is 7.22. The first-order valence-corrected chi connectivity index (χ1v) is 10.6. The van der Waals surface area contributed by atoms with Gasteiger partial charge in [0.25, 0.3) is 0 Å². The maximum absolute atomic E-state index is 12.7. The van der Waals surface area contributed by atoms with Gasteiger partial charge in [0.15, 0.2) is 11.5 Å². The molecule has 168 valence electrons. The number of likely N-dealkylation sites (N-methyl/N-ethyl adjacent to an activating group) is 1. The van der Waals surface area contributed by atoms with Crippen molar-refractivity contribution < 1.29 is 19.1 Å². The Morgan fingerprint density at radius 1 is 1.23 bits per heavy atom. The Labute approximate surface area is 182 Å². The van der Waals surface area contributed by atoms with Crippen LogP contribution in [-0.4, -0.2) is 66.9 Å². The van der Waals surface area contributed by atoms with E-state index in [2.05, 4.69) is 29.2 Å². The topological polar surface area (TPSA) is 88.9 Å². The van der Waals surface area contributed by atoms with Crippen molar-refractivity contribution in [3.8, 4) is 11.5 Å². The van der Waals surface area contributed by atoms with Crippen LogP contribution < -0.4 is 19.7 Å². The summed E-state index contributed by atoms with van der Waals surface area (Å²) < 4.78 is 12.4. The quantitative estimate of drug-likeness (QED) is 0.623. The summed E-state index contributed by atoms with van der Waals surface area (Å²) >= 11 is 0. The van der Waals surface area contributed by atoms with Gasteiger partial charge in [0, 0.05) is 37.5 Å². The number of rotatable bonds is 10. The van der Waals surface area contributed by atoms with Crippen molar-refractivity contribution in [1.82, 2.24) is 14.7 Å². The number of hydrogen-bond donors (Lipinski definition) is 1. The number of methoxy groups -OCH3 is 2. The molecule has 9 heteroatoms. The molecule has 1 aromatic heterocycles. The van der Waals surface area contributed by atoms with Gasteiger partial charge in [0.1, 0.15) is 0 Å². The van der Waals surface area contributed by atoms with Gasteiger partial charge in [-0.2, -0.15) is 5.10 Å². The molecule has 9 nitrogen and oxygen atoms in total. The minimum absolute atomic E-state index is 0.0951. The van der Waals surface area contributed by atoms with E-state index < -0.39 is 5.92 Å². The van der Waals surface area contributed by atoms with Crippen LogP contribution in [0.2, 0.25) is 0 Å². The van der Waals surface area contributed by atoms with Gasteiger partial charge in [0.05, 0.1) is 38.6 Å². The van der Waals surface area contributed by atoms with Crippen LogP contribution in [0.15, 0.2) is 30.6 Å². The molecule has 2 amide bonds. The number of hydrogen-bond acceptors (Lipinski definition) is 6.